The molecule has 0 saturated heterocycles. The van der Waals surface area contributed by atoms with Crippen LogP contribution in [0.5, 0.6) is 0 Å². The predicted molar refractivity (Wildman–Crippen MR) is 46.0 cm³/mol. The second-order valence-corrected chi connectivity index (χ2v) is 2.63. The summed E-state index contributed by atoms with van der Waals surface area (Å²) >= 11 is 0. The normalized spacial score (nSPS) is 10.9. The van der Waals surface area contributed by atoms with E-state index in [4.69, 9.17) is 5.11 Å². The highest BCUT2D eigenvalue weighted by Crippen LogP contribution is 1.95. The number of aliphatic hydroxyl groups is 1. The molecule has 8 nitrogen and oxygen atoms in total. The summed E-state index contributed by atoms with van der Waals surface area (Å²) in [5.41, 5.74) is -2.19. The van der Waals surface area contributed by atoms with Crippen LogP contribution in [-0.2, 0) is 6.73 Å². The first-order valence-electron chi connectivity index (χ1n) is 3.69. The number of nitrogens with one attached hydrogen (secondary N) is 3. The lowest BCUT2D eigenvalue weighted by atomic mass is 10.5. The first-order valence-corrected chi connectivity index (χ1v) is 3.69. The second kappa shape index (κ2) is 2.70. The highest BCUT2D eigenvalue weighted by atomic mass is 16.3. The zero-order chi connectivity index (χ0) is 10.3. The minimum atomic E-state index is -0.726. The molecule has 0 aliphatic heterocycles. The number of aromatic nitrogens is 4. The van der Waals surface area contributed by atoms with E-state index in [2.05, 4.69) is 9.97 Å². The zero-order valence-electron chi connectivity index (χ0n) is 6.83. The third-order valence-electron chi connectivity index (χ3n) is 1.81. The number of rotatable bonds is 1. The van der Waals surface area contributed by atoms with Gasteiger partial charge in [0.1, 0.15) is 12.4 Å². The van der Waals surface area contributed by atoms with Gasteiger partial charge in [-0.25, -0.2) is 9.59 Å². The van der Waals surface area contributed by atoms with Crippen molar-refractivity contribution in [2.75, 3.05) is 0 Å². The molecule has 0 fully saturated rings. The van der Waals surface area contributed by atoms with E-state index in [0.29, 0.717) is 0 Å². The first kappa shape index (κ1) is 8.51. The summed E-state index contributed by atoms with van der Waals surface area (Å²) in [6.45, 7) is -0.631. The summed E-state index contributed by atoms with van der Waals surface area (Å²) in [6.07, 6.45) is 0. The Morgan fingerprint density at radius 3 is 2.50 bits per heavy atom. The minimum absolute atomic E-state index is 0.00204. The van der Waals surface area contributed by atoms with Gasteiger partial charge in [-0.1, -0.05) is 0 Å². The van der Waals surface area contributed by atoms with Crippen LogP contribution in [-0.4, -0.2) is 24.6 Å². The Morgan fingerprint density at radius 2 is 1.86 bits per heavy atom. The maximum absolute atomic E-state index is 11.2. The maximum atomic E-state index is 11.2. The zero-order valence-corrected chi connectivity index (χ0v) is 6.83. The molecule has 14 heavy (non-hydrogen) atoms. The van der Waals surface area contributed by atoms with Gasteiger partial charge in [0.15, 0.2) is 5.52 Å². The van der Waals surface area contributed by atoms with Crippen LogP contribution in [0.2, 0.25) is 0 Å². The van der Waals surface area contributed by atoms with E-state index in [0.717, 1.165) is 4.57 Å². The summed E-state index contributed by atoms with van der Waals surface area (Å²) in [6, 6.07) is 0. The van der Waals surface area contributed by atoms with Gasteiger partial charge < -0.3 is 5.11 Å². The molecular weight excluding hydrogens is 192 g/mol. The van der Waals surface area contributed by atoms with E-state index in [9.17, 15) is 14.4 Å². The summed E-state index contributed by atoms with van der Waals surface area (Å²) < 4.78 is 0.810. The van der Waals surface area contributed by atoms with Gasteiger partial charge in [0.25, 0.3) is 5.56 Å². The van der Waals surface area contributed by atoms with Crippen LogP contribution in [0, 0.1) is 0 Å². The van der Waals surface area contributed by atoms with Crippen molar-refractivity contribution in [3.8, 4) is 0 Å². The number of fused-ring (bicyclic) bond motifs is 1. The first-order chi connectivity index (χ1) is 6.63. The molecule has 0 spiro atoms. The van der Waals surface area contributed by atoms with Gasteiger partial charge in [-0.05, 0) is 0 Å². The number of nitrogens with zero attached hydrogens (tertiary/aromatic N) is 1. The Morgan fingerprint density at radius 1 is 1.14 bits per heavy atom. The molecule has 0 unspecified atom stereocenters. The van der Waals surface area contributed by atoms with Gasteiger partial charge in [0.05, 0.1) is 0 Å². The quantitative estimate of drug-likeness (QED) is 0.409. The number of H-pyrrole nitrogens is 3. The van der Waals surface area contributed by atoms with Crippen LogP contribution in [0.4, 0.5) is 0 Å². The summed E-state index contributed by atoms with van der Waals surface area (Å²) in [5, 5.41) is 8.80. The second-order valence-electron chi connectivity index (χ2n) is 2.63. The molecule has 2 rings (SSSR count). The van der Waals surface area contributed by atoms with E-state index in [1.165, 1.54) is 0 Å². The van der Waals surface area contributed by atoms with E-state index in [-0.39, 0.29) is 11.2 Å². The van der Waals surface area contributed by atoms with E-state index in [1.54, 1.807) is 0 Å². The largest absolute Gasteiger partial charge is 0.376 e. The molecule has 2 heterocycles. The molecule has 2 aromatic heterocycles. The minimum Gasteiger partial charge on any atom is -0.376 e. The van der Waals surface area contributed by atoms with Crippen LogP contribution in [0.25, 0.3) is 11.2 Å². The lowest BCUT2D eigenvalue weighted by Gasteiger charge is -1.93. The van der Waals surface area contributed by atoms with E-state index < -0.39 is 23.7 Å². The Balaban J connectivity index is 3.11. The van der Waals surface area contributed by atoms with Crippen molar-refractivity contribution >= 4 is 11.2 Å². The van der Waals surface area contributed by atoms with Crippen molar-refractivity contribution in [2.45, 2.75) is 6.73 Å². The fourth-order valence-corrected chi connectivity index (χ4v) is 1.24. The SMILES string of the molecule is O=c1[nH]c(=O)c2c([nH]1)[nH]c(=O)n2CO. The third-order valence-corrected chi connectivity index (χ3v) is 1.81. The fourth-order valence-electron chi connectivity index (χ4n) is 1.24. The van der Waals surface area contributed by atoms with Gasteiger partial charge in [-0.2, -0.15) is 0 Å². The molecule has 0 aliphatic rings. The molecule has 0 radical (unpaired) electrons. The molecule has 8 heteroatoms. The van der Waals surface area contributed by atoms with Crippen molar-refractivity contribution < 1.29 is 5.11 Å². The highest BCUT2D eigenvalue weighted by molar-refractivity contribution is 5.68. The number of aromatic amines is 3. The average molecular weight is 198 g/mol. The van der Waals surface area contributed by atoms with Crippen molar-refractivity contribution in [1.82, 2.24) is 19.5 Å². The van der Waals surface area contributed by atoms with Crippen LogP contribution < -0.4 is 16.9 Å². The molecular formula is C6H6N4O4. The van der Waals surface area contributed by atoms with Crippen molar-refractivity contribution in [1.29, 1.82) is 0 Å². The summed E-state index contributed by atoms with van der Waals surface area (Å²) in [4.78, 5) is 39.5. The molecule has 0 aromatic carbocycles. The maximum Gasteiger partial charge on any atom is 0.329 e. The molecule has 0 aliphatic carbocycles. The highest BCUT2D eigenvalue weighted by Gasteiger charge is 2.09. The van der Waals surface area contributed by atoms with Gasteiger partial charge in [0, 0.05) is 0 Å². The topological polar surface area (TPSA) is 124 Å². The van der Waals surface area contributed by atoms with Crippen LogP contribution in [0.1, 0.15) is 0 Å². The van der Waals surface area contributed by atoms with Crippen LogP contribution >= 0.6 is 0 Å². The number of hydrogen-bond donors (Lipinski definition) is 4. The van der Waals surface area contributed by atoms with Crippen LogP contribution in [0.3, 0.4) is 0 Å². The molecule has 0 atom stereocenters. The number of imidazole rings is 1. The van der Waals surface area contributed by atoms with Crippen molar-refractivity contribution in [3.63, 3.8) is 0 Å². The van der Waals surface area contributed by atoms with Gasteiger partial charge >= 0.3 is 11.4 Å². The molecule has 74 valence electrons. The standard InChI is InChI=1S/C6H6N4O4/c11-1-10-2-3(8-6(10)14)7-5(13)9-4(2)12/h11H,1H2,(H3,7,8,9,12,13,14). The fraction of sp³-hybridized carbons (Fsp3) is 0.167. The van der Waals surface area contributed by atoms with Gasteiger partial charge in [-0.15, -0.1) is 0 Å². The summed E-state index contributed by atoms with van der Waals surface area (Å²) in [5.74, 6) is 0. The molecule has 0 amide bonds. The molecule has 0 bridgehead atoms. The third kappa shape index (κ3) is 1.01. The number of aliphatic hydroxyl groups excluding tert-OH is 1. The molecule has 0 saturated carbocycles. The smallest absolute Gasteiger partial charge is 0.329 e. The monoisotopic (exact) mass is 198 g/mol. The van der Waals surface area contributed by atoms with Gasteiger partial charge in [0.2, 0.25) is 0 Å². The Labute approximate surface area is 74.8 Å². The van der Waals surface area contributed by atoms with Crippen molar-refractivity contribution in [3.05, 3.63) is 31.3 Å². The average Bonchev–Trinajstić information content (AvgIpc) is 2.40. The summed E-state index contributed by atoms with van der Waals surface area (Å²) in [7, 11) is 0. The Bertz CT molecular complexity index is 642. The Hall–Kier alpha value is -2.09. The Kier molecular flexibility index (Phi) is 1.64. The molecule has 2 aromatic rings. The lowest BCUT2D eigenvalue weighted by Crippen LogP contribution is -2.25. The van der Waals surface area contributed by atoms with E-state index >= 15 is 0 Å². The predicted octanol–water partition coefficient (Wildman–Crippen LogP) is -2.34. The van der Waals surface area contributed by atoms with Crippen LogP contribution in [0.15, 0.2) is 14.4 Å². The molecule has 4 N–H and O–H groups in total. The number of hydrogen-bond acceptors (Lipinski definition) is 4. The van der Waals surface area contributed by atoms with Gasteiger partial charge in [-0.3, -0.25) is 24.3 Å². The van der Waals surface area contributed by atoms with Crippen molar-refractivity contribution in [2.24, 2.45) is 0 Å². The van der Waals surface area contributed by atoms with E-state index in [1.807, 2.05) is 4.98 Å². The lowest BCUT2D eigenvalue weighted by molar-refractivity contribution is 0.211.